The van der Waals surface area contributed by atoms with Crippen LogP contribution in [0, 0.1) is 11.3 Å². The van der Waals surface area contributed by atoms with Crippen LogP contribution in [0.2, 0.25) is 0 Å². The summed E-state index contributed by atoms with van der Waals surface area (Å²) < 4.78 is 0. The highest BCUT2D eigenvalue weighted by Crippen LogP contribution is 2.33. The van der Waals surface area contributed by atoms with Crippen molar-refractivity contribution in [2.75, 3.05) is 6.54 Å². The Morgan fingerprint density at radius 3 is 2.50 bits per heavy atom. The van der Waals surface area contributed by atoms with Crippen LogP contribution in [0.5, 0.6) is 0 Å². The topological polar surface area (TPSA) is 47.3 Å². The van der Waals surface area contributed by atoms with E-state index in [0.29, 0.717) is 18.5 Å². The molecule has 2 bridgehead atoms. The maximum Gasteiger partial charge on any atom is 0.0635 e. The maximum absolute atomic E-state index is 9.67. The second-order valence-corrected chi connectivity index (χ2v) is 4.51. The molecule has 0 spiro atoms. The summed E-state index contributed by atoms with van der Waals surface area (Å²) in [5.74, 6) is 0. The van der Waals surface area contributed by atoms with Crippen LogP contribution in [0.1, 0.15) is 38.5 Å². The Kier molecular flexibility index (Phi) is 3.05. The quantitative estimate of drug-likeness (QED) is 0.720. The van der Waals surface area contributed by atoms with Gasteiger partial charge < -0.3 is 5.11 Å². The molecule has 78 valence electrons. The average Bonchev–Trinajstić information content (AvgIpc) is 2.14. The number of piperidine rings is 2. The third-order valence-electron chi connectivity index (χ3n) is 3.58. The molecule has 0 amide bonds. The summed E-state index contributed by atoms with van der Waals surface area (Å²) in [5, 5.41) is 18.3. The molecule has 0 radical (unpaired) electrons. The van der Waals surface area contributed by atoms with E-state index in [1.165, 1.54) is 19.3 Å². The Balaban J connectivity index is 1.98. The van der Waals surface area contributed by atoms with Gasteiger partial charge in [0.25, 0.3) is 0 Å². The molecule has 3 heteroatoms. The normalized spacial score (nSPS) is 37.9. The monoisotopic (exact) mass is 194 g/mol. The second kappa shape index (κ2) is 4.29. The first-order valence-electron chi connectivity index (χ1n) is 5.62. The number of rotatable bonds is 2. The lowest BCUT2D eigenvalue weighted by Gasteiger charge is -2.47. The van der Waals surface area contributed by atoms with Crippen LogP contribution < -0.4 is 0 Å². The molecule has 0 aromatic carbocycles. The van der Waals surface area contributed by atoms with E-state index < -0.39 is 0 Å². The fourth-order valence-electron chi connectivity index (χ4n) is 2.99. The molecule has 0 aliphatic carbocycles. The Labute approximate surface area is 85.3 Å². The minimum absolute atomic E-state index is 0.0939. The number of fused-ring (bicyclic) bond motifs is 2. The van der Waals surface area contributed by atoms with E-state index >= 15 is 0 Å². The number of aliphatic hydroxyl groups is 1. The van der Waals surface area contributed by atoms with Crippen LogP contribution in [0.25, 0.3) is 0 Å². The minimum Gasteiger partial charge on any atom is -0.393 e. The minimum atomic E-state index is -0.0939. The van der Waals surface area contributed by atoms with Gasteiger partial charge in [0, 0.05) is 25.0 Å². The molecule has 1 N–H and O–H groups in total. The number of hydrogen-bond donors (Lipinski definition) is 1. The predicted octanol–water partition coefficient (Wildman–Crippen LogP) is 1.28. The van der Waals surface area contributed by atoms with Crippen molar-refractivity contribution >= 4 is 0 Å². The van der Waals surface area contributed by atoms with Gasteiger partial charge in [-0.3, -0.25) is 4.90 Å². The highest BCUT2D eigenvalue weighted by Gasteiger charge is 2.36. The number of nitrogens with zero attached hydrogens (tertiary/aromatic N) is 2. The van der Waals surface area contributed by atoms with Gasteiger partial charge in [0.15, 0.2) is 0 Å². The lowest BCUT2D eigenvalue weighted by atomic mass is 9.83. The smallest absolute Gasteiger partial charge is 0.0635 e. The largest absolute Gasteiger partial charge is 0.393 e. The van der Waals surface area contributed by atoms with Gasteiger partial charge in [-0.1, -0.05) is 6.42 Å². The molecule has 0 aromatic heterocycles. The van der Waals surface area contributed by atoms with Crippen LogP contribution in [-0.2, 0) is 0 Å². The highest BCUT2D eigenvalue weighted by molar-refractivity contribution is 4.93. The van der Waals surface area contributed by atoms with Crippen LogP contribution >= 0.6 is 0 Å². The van der Waals surface area contributed by atoms with E-state index in [9.17, 15) is 5.11 Å². The van der Waals surface area contributed by atoms with Crippen LogP contribution in [0.3, 0.4) is 0 Å². The van der Waals surface area contributed by atoms with Gasteiger partial charge >= 0.3 is 0 Å². The fraction of sp³-hybridized carbons (Fsp3) is 0.909. The molecule has 3 nitrogen and oxygen atoms in total. The zero-order valence-electron chi connectivity index (χ0n) is 8.52. The molecule has 2 saturated heterocycles. The van der Waals surface area contributed by atoms with Gasteiger partial charge in [0.05, 0.1) is 12.2 Å². The van der Waals surface area contributed by atoms with Crippen molar-refractivity contribution in [1.82, 2.24) is 4.90 Å². The Bertz CT molecular complexity index is 222. The van der Waals surface area contributed by atoms with Crippen molar-refractivity contribution in [3.8, 4) is 6.07 Å². The van der Waals surface area contributed by atoms with Gasteiger partial charge in [-0.25, -0.2) is 0 Å². The molecule has 2 heterocycles. The standard InChI is InChI=1S/C11H18N2O/c12-5-2-6-13-9-3-1-4-10(13)8-11(14)7-9/h9-11,14H,1-4,6-8H2. The molecule has 2 unspecified atom stereocenters. The summed E-state index contributed by atoms with van der Waals surface area (Å²) in [5.41, 5.74) is 0. The van der Waals surface area contributed by atoms with Crippen molar-refractivity contribution in [2.45, 2.75) is 56.7 Å². The lowest BCUT2D eigenvalue weighted by Crippen LogP contribution is -2.53. The number of hydrogen-bond acceptors (Lipinski definition) is 3. The van der Waals surface area contributed by atoms with E-state index in [1.807, 2.05) is 0 Å². The van der Waals surface area contributed by atoms with Crippen molar-refractivity contribution in [2.24, 2.45) is 0 Å². The van der Waals surface area contributed by atoms with Gasteiger partial charge in [0.2, 0.25) is 0 Å². The molecule has 2 rings (SSSR count). The van der Waals surface area contributed by atoms with Crippen LogP contribution in [-0.4, -0.2) is 34.7 Å². The summed E-state index contributed by atoms with van der Waals surface area (Å²) in [6.45, 7) is 0.901. The van der Waals surface area contributed by atoms with E-state index in [2.05, 4.69) is 11.0 Å². The predicted molar refractivity (Wildman–Crippen MR) is 53.6 cm³/mol. The molecule has 2 atom stereocenters. The first-order chi connectivity index (χ1) is 6.81. The van der Waals surface area contributed by atoms with E-state index in [0.717, 1.165) is 19.4 Å². The van der Waals surface area contributed by atoms with Crippen molar-refractivity contribution in [1.29, 1.82) is 5.26 Å². The van der Waals surface area contributed by atoms with Gasteiger partial charge in [-0.15, -0.1) is 0 Å². The third kappa shape index (κ3) is 1.92. The van der Waals surface area contributed by atoms with Gasteiger partial charge in [-0.05, 0) is 25.7 Å². The van der Waals surface area contributed by atoms with Crippen LogP contribution in [0.4, 0.5) is 0 Å². The van der Waals surface area contributed by atoms with Crippen molar-refractivity contribution in [3.63, 3.8) is 0 Å². The van der Waals surface area contributed by atoms with Gasteiger partial charge in [0.1, 0.15) is 0 Å². The van der Waals surface area contributed by atoms with E-state index in [4.69, 9.17) is 5.26 Å². The first-order valence-corrected chi connectivity index (χ1v) is 5.62. The molecule has 2 aliphatic rings. The van der Waals surface area contributed by atoms with Crippen molar-refractivity contribution in [3.05, 3.63) is 0 Å². The fourth-order valence-corrected chi connectivity index (χ4v) is 2.99. The SMILES string of the molecule is N#CCCN1C2CCCC1CC(O)C2. The van der Waals surface area contributed by atoms with Crippen LogP contribution in [0.15, 0.2) is 0 Å². The number of nitriles is 1. The summed E-state index contributed by atoms with van der Waals surface area (Å²) in [6.07, 6.45) is 6.08. The maximum atomic E-state index is 9.67. The lowest BCUT2D eigenvalue weighted by molar-refractivity contribution is -0.0249. The number of aliphatic hydroxyl groups excluding tert-OH is 1. The zero-order chi connectivity index (χ0) is 9.97. The third-order valence-corrected chi connectivity index (χ3v) is 3.58. The summed E-state index contributed by atoms with van der Waals surface area (Å²) in [6, 6.07) is 3.31. The average molecular weight is 194 g/mol. The molecule has 0 aromatic rings. The Morgan fingerprint density at radius 1 is 1.29 bits per heavy atom. The van der Waals surface area contributed by atoms with Crippen molar-refractivity contribution < 1.29 is 5.11 Å². The first kappa shape index (κ1) is 9.95. The molecule has 0 saturated carbocycles. The van der Waals surface area contributed by atoms with E-state index in [1.54, 1.807) is 0 Å². The summed E-state index contributed by atoms with van der Waals surface area (Å²) >= 11 is 0. The second-order valence-electron chi connectivity index (χ2n) is 4.51. The molecular weight excluding hydrogens is 176 g/mol. The summed E-state index contributed by atoms with van der Waals surface area (Å²) in [7, 11) is 0. The summed E-state index contributed by atoms with van der Waals surface area (Å²) in [4.78, 5) is 2.46. The molecule has 2 fully saturated rings. The molecule has 14 heavy (non-hydrogen) atoms. The Morgan fingerprint density at radius 2 is 1.93 bits per heavy atom. The molecule has 2 aliphatic heterocycles. The van der Waals surface area contributed by atoms with E-state index in [-0.39, 0.29) is 6.10 Å². The molecular formula is C11H18N2O. The highest BCUT2D eigenvalue weighted by atomic mass is 16.3. The zero-order valence-corrected chi connectivity index (χ0v) is 8.52. The Hall–Kier alpha value is -0.590. The van der Waals surface area contributed by atoms with Gasteiger partial charge in [-0.2, -0.15) is 5.26 Å².